The van der Waals surface area contributed by atoms with Gasteiger partial charge < -0.3 is 9.30 Å². The molecule has 0 radical (unpaired) electrons. The zero-order chi connectivity index (χ0) is 14.8. The van der Waals surface area contributed by atoms with E-state index in [1.807, 2.05) is 6.92 Å². The normalized spacial score (nSPS) is 11.8. The Hall–Kier alpha value is -1.18. The van der Waals surface area contributed by atoms with Crippen molar-refractivity contribution in [2.75, 3.05) is 13.2 Å². The maximum atomic E-state index is 12.1. The maximum absolute atomic E-state index is 12.1. The highest BCUT2D eigenvalue weighted by Gasteiger charge is 2.29. The van der Waals surface area contributed by atoms with Gasteiger partial charge in [-0.25, -0.2) is 13.6 Å². The standard InChI is InChI=1S/C12H20N2O4S/c1-5-9-12(19(13,16)17)11(8(3)14(9)4)10(15)7-18-6-2/h5-7H2,1-4H3,(H2,13,16,17). The van der Waals surface area contributed by atoms with Crippen molar-refractivity contribution < 1.29 is 17.9 Å². The van der Waals surface area contributed by atoms with Gasteiger partial charge in [0.15, 0.2) is 5.78 Å². The number of carbonyl (C=O) groups is 1. The summed E-state index contributed by atoms with van der Waals surface area (Å²) in [4.78, 5) is 12.0. The van der Waals surface area contributed by atoms with Crippen molar-refractivity contribution in [1.29, 1.82) is 0 Å². The lowest BCUT2D eigenvalue weighted by Crippen LogP contribution is -2.19. The van der Waals surface area contributed by atoms with Crippen molar-refractivity contribution in [3.05, 3.63) is 17.0 Å². The van der Waals surface area contributed by atoms with E-state index in [9.17, 15) is 13.2 Å². The molecule has 1 aromatic heterocycles. The zero-order valence-electron chi connectivity index (χ0n) is 11.7. The topological polar surface area (TPSA) is 91.4 Å². The van der Waals surface area contributed by atoms with Gasteiger partial charge in [0.25, 0.3) is 0 Å². The number of ketones is 1. The second-order valence-corrected chi connectivity index (χ2v) is 5.75. The highest BCUT2D eigenvalue weighted by atomic mass is 32.2. The van der Waals surface area contributed by atoms with Crippen LogP contribution in [0.3, 0.4) is 0 Å². The van der Waals surface area contributed by atoms with Gasteiger partial charge in [0.05, 0.1) is 5.56 Å². The fourth-order valence-electron chi connectivity index (χ4n) is 2.13. The number of ether oxygens (including phenoxy) is 1. The molecule has 108 valence electrons. The molecule has 0 unspecified atom stereocenters. The number of rotatable bonds is 6. The van der Waals surface area contributed by atoms with Crippen molar-refractivity contribution in [1.82, 2.24) is 4.57 Å². The molecule has 0 saturated carbocycles. The Labute approximate surface area is 113 Å². The van der Waals surface area contributed by atoms with E-state index < -0.39 is 10.0 Å². The predicted molar refractivity (Wildman–Crippen MR) is 71.7 cm³/mol. The monoisotopic (exact) mass is 288 g/mol. The minimum Gasteiger partial charge on any atom is -0.374 e. The fourth-order valence-corrected chi connectivity index (χ4v) is 3.29. The summed E-state index contributed by atoms with van der Waals surface area (Å²) in [5, 5.41) is 5.25. The van der Waals surface area contributed by atoms with Crippen LogP contribution in [0.2, 0.25) is 0 Å². The molecule has 0 bridgehead atoms. The summed E-state index contributed by atoms with van der Waals surface area (Å²) in [7, 11) is -2.22. The molecule has 1 aromatic rings. The molecule has 2 N–H and O–H groups in total. The van der Waals surface area contributed by atoms with Gasteiger partial charge in [0, 0.05) is 25.0 Å². The molecule has 0 atom stereocenters. The third kappa shape index (κ3) is 3.05. The third-order valence-corrected chi connectivity index (χ3v) is 4.10. The van der Waals surface area contributed by atoms with E-state index in [0.29, 0.717) is 24.4 Å². The Bertz CT molecular complexity index is 587. The van der Waals surface area contributed by atoms with Crippen LogP contribution in [0.25, 0.3) is 0 Å². The van der Waals surface area contributed by atoms with Crippen LogP contribution in [-0.4, -0.2) is 32.0 Å². The second kappa shape index (κ2) is 5.85. The largest absolute Gasteiger partial charge is 0.374 e. The lowest BCUT2D eigenvalue weighted by molar-refractivity contribution is 0.0779. The number of hydrogen-bond donors (Lipinski definition) is 1. The number of Topliss-reactive ketones (excluding diaryl/α,β-unsaturated/α-hetero) is 1. The Morgan fingerprint density at radius 3 is 2.37 bits per heavy atom. The molecule has 0 fully saturated rings. The fraction of sp³-hybridized carbons (Fsp3) is 0.583. The van der Waals surface area contributed by atoms with E-state index in [2.05, 4.69) is 0 Å². The number of nitrogens with two attached hydrogens (primary N) is 1. The number of primary sulfonamides is 1. The van der Waals surface area contributed by atoms with E-state index in [1.165, 1.54) is 0 Å². The Morgan fingerprint density at radius 1 is 1.37 bits per heavy atom. The smallest absolute Gasteiger partial charge is 0.240 e. The van der Waals surface area contributed by atoms with Crippen molar-refractivity contribution in [2.24, 2.45) is 12.2 Å². The molecule has 0 aliphatic heterocycles. The van der Waals surface area contributed by atoms with Crippen LogP contribution in [0.1, 0.15) is 35.6 Å². The molecule has 0 aromatic carbocycles. The molecule has 7 heteroatoms. The number of aromatic nitrogens is 1. The van der Waals surface area contributed by atoms with E-state index in [0.717, 1.165) is 0 Å². The Balaban J connectivity index is 3.50. The lowest BCUT2D eigenvalue weighted by atomic mass is 10.1. The van der Waals surface area contributed by atoms with Gasteiger partial charge in [-0.2, -0.15) is 0 Å². The Kier molecular flexibility index (Phi) is 4.89. The van der Waals surface area contributed by atoms with Gasteiger partial charge in [-0.15, -0.1) is 0 Å². The van der Waals surface area contributed by atoms with Crippen LogP contribution in [-0.2, 0) is 28.2 Å². The summed E-state index contributed by atoms with van der Waals surface area (Å²) in [5.41, 5.74) is 1.28. The summed E-state index contributed by atoms with van der Waals surface area (Å²) >= 11 is 0. The number of hydrogen-bond acceptors (Lipinski definition) is 4. The molecule has 1 heterocycles. The van der Waals surface area contributed by atoms with Crippen molar-refractivity contribution in [3.8, 4) is 0 Å². The van der Waals surface area contributed by atoms with Crippen molar-refractivity contribution in [2.45, 2.75) is 32.1 Å². The molecular formula is C12H20N2O4S. The van der Waals surface area contributed by atoms with Gasteiger partial charge in [-0.1, -0.05) is 6.92 Å². The average Bonchev–Trinajstić information content (AvgIpc) is 2.59. The quantitative estimate of drug-likeness (QED) is 0.782. The molecule has 0 saturated heterocycles. The van der Waals surface area contributed by atoms with Crippen LogP contribution in [0.15, 0.2) is 4.90 Å². The molecular weight excluding hydrogens is 268 g/mol. The minimum atomic E-state index is -3.95. The van der Waals surface area contributed by atoms with Gasteiger partial charge in [0.1, 0.15) is 11.5 Å². The van der Waals surface area contributed by atoms with Crippen LogP contribution >= 0.6 is 0 Å². The summed E-state index contributed by atoms with van der Waals surface area (Å²) in [5.74, 6) is -0.362. The summed E-state index contributed by atoms with van der Waals surface area (Å²) < 4.78 is 30.3. The van der Waals surface area contributed by atoms with E-state index >= 15 is 0 Å². The van der Waals surface area contributed by atoms with E-state index in [-0.39, 0.29) is 22.8 Å². The highest BCUT2D eigenvalue weighted by Crippen LogP contribution is 2.26. The van der Waals surface area contributed by atoms with Crippen LogP contribution in [0, 0.1) is 6.92 Å². The van der Waals surface area contributed by atoms with Crippen LogP contribution < -0.4 is 5.14 Å². The van der Waals surface area contributed by atoms with E-state index in [1.54, 1.807) is 25.5 Å². The highest BCUT2D eigenvalue weighted by molar-refractivity contribution is 7.89. The molecule has 19 heavy (non-hydrogen) atoms. The average molecular weight is 288 g/mol. The first-order chi connectivity index (χ1) is 8.75. The minimum absolute atomic E-state index is 0.0697. The maximum Gasteiger partial charge on any atom is 0.240 e. The molecule has 0 amide bonds. The summed E-state index contributed by atoms with van der Waals surface area (Å²) in [6, 6.07) is 0. The summed E-state index contributed by atoms with van der Waals surface area (Å²) in [6.45, 7) is 5.53. The third-order valence-electron chi connectivity index (χ3n) is 3.09. The molecule has 1 rings (SSSR count). The predicted octanol–water partition coefficient (Wildman–Crippen LogP) is 0.763. The SMILES string of the molecule is CCOCC(=O)c1c(S(N)(=O)=O)c(CC)n(C)c1C. The summed E-state index contributed by atoms with van der Waals surface area (Å²) in [6.07, 6.45) is 0.477. The van der Waals surface area contributed by atoms with Gasteiger partial charge >= 0.3 is 0 Å². The van der Waals surface area contributed by atoms with Gasteiger partial charge in [-0.05, 0) is 20.3 Å². The van der Waals surface area contributed by atoms with Crippen molar-refractivity contribution in [3.63, 3.8) is 0 Å². The molecule has 0 aliphatic carbocycles. The van der Waals surface area contributed by atoms with Crippen molar-refractivity contribution >= 4 is 15.8 Å². The van der Waals surface area contributed by atoms with E-state index in [4.69, 9.17) is 9.88 Å². The zero-order valence-corrected chi connectivity index (χ0v) is 12.5. The second-order valence-electron chi connectivity index (χ2n) is 4.25. The van der Waals surface area contributed by atoms with Crippen LogP contribution in [0.5, 0.6) is 0 Å². The molecule has 0 aliphatic rings. The number of carbonyl (C=O) groups excluding carboxylic acids is 1. The molecule has 0 spiro atoms. The first-order valence-corrected chi connectivity index (χ1v) is 7.62. The van der Waals surface area contributed by atoms with Crippen LogP contribution in [0.4, 0.5) is 0 Å². The lowest BCUT2D eigenvalue weighted by Gasteiger charge is -2.04. The molecule has 6 nitrogen and oxygen atoms in total. The Morgan fingerprint density at radius 2 is 1.95 bits per heavy atom. The number of sulfonamides is 1. The first kappa shape index (κ1) is 15.9. The van der Waals surface area contributed by atoms with Gasteiger partial charge in [-0.3, -0.25) is 4.79 Å². The number of nitrogens with zero attached hydrogens (tertiary/aromatic N) is 1. The van der Waals surface area contributed by atoms with Gasteiger partial charge in [0.2, 0.25) is 10.0 Å². The first-order valence-electron chi connectivity index (χ1n) is 6.07.